The second-order valence-electron chi connectivity index (χ2n) is 1.81. The lowest BCUT2D eigenvalue weighted by atomic mass is 11.0. The number of hydrogen-bond acceptors (Lipinski definition) is 2. The molecule has 4 heteroatoms. The summed E-state index contributed by atoms with van der Waals surface area (Å²) in [5.74, 6) is 0. The standard InChI is InChI=1S/C5H13ClO2Si/c1-4-9(5-6,7-2)8-3/h4-5H2,1-3H3. The summed E-state index contributed by atoms with van der Waals surface area (Å²) in [5.41, 5.74) is 0.510. The molecule has 0 aliphatic rings. The van der Waals surface area contributed by atoms with Crippen molar-refractivity contribution in [1.29, 1.82) is 0 Å². The van der Waals surface area contributed by atoms with Crippen LogP contribution in [0.4, 0.5) is 0 Å². The fraction of sp³-hybridized carbons (Fsp3) is 1.00. The molecule has 0 spiro atoms. The molecule has 0 saturated carbocycles. The lowest BCUT2D eigenvalue weighted by Crippen LogP contribution is -2.41. The highest BCUT2D eigenvalue weighted by Crippen LogP contribution is 2.11. The Morgan fingerprint density at radius 3 is 1.78 bits per heavy atom. The molecule has 0 aromatic heterocycles. The first kappa shape index (κ1) is 9.43. The Balaban J connectivity index is 3.82. The predicted octanol–water partition coefficient (Wildman–Crippen LogP) is 1.52. The molecule has 0 bridgehead atoms. The van der Waals surface area contributed by atoms with E-state index in [1.54, 1.807) is 14.2 Å². The first-order valence-electron chi connectivity index (χ1n) is 2.91. The molecule has 0 heterocycles. The normalized spacial score (nSPS) is 12.0. The molecule has 0 fully saturated rings. The van der Waals surface area contributed by atoms with Gasteiger partial charge in [-0.25, -0.2) is 0 Å². The van der Waals surface area contributed by atoms with E-state index in [1.807, 2.05) is 6.92 Å². The van der Waals surface area contributed by atoms with Gasteiger partial charge in [-0.15, -0.1) is 11.6 Å². The van der Waals surface area contributed by atoms with Crippen LogP contribution in [-0.4, -0.2) is 28.3 Å². The molecule has 0 amide bonds. The third kappa shape index (κ3) is 2.25. The van der Waals surface area contributed by atoms with Crippen molar-refractivity contribution in [1.82, 2.24) is 0 Å². The summed E-state index contributed by atoms with van der Waals surface area (Å²) in [6.45, 7) is 2.03. The average molecular weight is 169 g/mol. The summed E-state index contributed by atoms with van der Waals surface area (Å²) in [5, 5.41) is 0. The summed E-state index contributed by atoms with van der Waals surface area (Å²) in [7, 11) is 1.38. The van der Waals surface area contributed by atoms with Crippen LogP contribution in [0.1, 0.15) is 6.92 Å². The van der Waals surface area contributed by atoms with E-state index in [2.05, 4.69) is 0 Å². The Kier molecular flexibility index (Phi) is 4.48. The largest absolute Gasteiger partial charge is 0.397 e. The molecule has 2 nitrogen and oxygen atoms in total. The molecule has 0 aliphatic heterocycles. The topological polar surface area (TPSA) is 18.5 Å². The monoisotopic (exact) mass is 168 g/mol. The fourth-order valence-electron chi connectivity index (χ4n) is 0.576. The van der Waals surface area contributed by atoms with Crippen LogP contribution in [-0.2, 0) is 8.85 Å². The van der Waals surface area contributed by atoms with Gasteiger partial charge in [0.1, 0.15) is 0 Å². The lowest BCUT2D eigenvalue weighted by molar-refractivity contribution is 0.249. The molecule has 0 radical (unpaired) electrons. The molecule has 0 saturated heterocycles. The van der Waals surface area contributed by atoms with Crippen molar-refractivity contribution in [2.75, 3.05) is 19.7 Å². The van der Waals surface area contributed by atoms with Crippen LogP contribution < -0.4 is 0 Å². The van der Waals surface area contributed by atoms with Crippen LogP contribution in [0.15, 0.2) is 0 Å². The van der Waals surface area contributed by atoms with Crippen molar-refractivity contribution in [2.45, 2.75) is 13.0 Å². The molecule has 0 N–H and O–H groups in total. The van der Waals surface area contributed by atoms with E-state index < -0.39 is 8.56 Å². The smallest absolute Gasteiger partial charge is 0.352 e. The van der Waals surface area contributed by atoms with E-state index >= 15 is 0 Å². The summed E-state index contributed by atoms with van der Waals surface area (Å²) >= 11 is 5.64. The predicted molar refractivity (Wildman–Crippen MR) is 41.0 cm³/mol. The molecule has 0 aromatic rings. The minimum Gasteiger partial charge on any atom is -0.397 e. The average Bonchev–Trinajstić information content (AvgIpc) is 1.95. The van der Waals surface area contributed by atoms with Crippen molar-refractivity contribution in [3.8, 4) is 0 Å². The fourth-order valence-corrected chi connectivity index (χ4v) is 2.95. The quantitative estimate of drug-likeness (QED) is 0.468. The molecular weight excluding hydrogens is 156 g/mol. The van der Waals surface area contributed by atoms with Gasteiger partial charge in [-0.2, -0.15) is 0 Å². The van der Waals surface area contributed by atoms with Crippen LogP contribution >= 0.6 is 11.6 Å². The third-order valence-corrected chi connectivity index (χ3v) is 5.68. The summed E-state index contributed by atoms with van der Waals surface area (Å²) < 4.78 is 10.3. The van der Waals surface area contributed by atoms with Crippen molar-refractivity contribution in [3.05, 3.63) is 0 Å². The van der Waals surface area contributed by atoms with E-state index in [0.29, 0.717) is 5.50 Å². The van der Waals surface area contributed by atoms with Crippen LogP contribution in [0.2, 0.25) is 6.04 Å². The van der Waals surface area contributed by atoms with E-state index in [1.165, 1.54) is 0 Å². The molecular formula is C5H13ClO2Si. The van der Waals surface area contributed by atoms with E-state index in [0.717, 1.165) is 6.04 Å². The van der Waals surface area contributed by atoms with Crippen LogP contribution in [0.5, 0.6) is 0 Å². The Labute approximate surface area is 62.4 Å². The van der Waals surface area contributed by atoms with Crippen LogP contribution in [0, 0.1) is 0 Å². The van der Waals surface area contributed by atoms with Gasteiger partial charge in [0, 0.05) is 14.2 Å². The number of hydrogen-bond donors (Lipinski definition) is 0. The molecule has 9 heavy (non-hydrogen) atoms. The van der Waals surface area contributed by atoms with Gasteiger partial charge in [0.05, 0.1) is 5.50 Å². The van der Waals surface area contributed by atoms with E-state index in [9.17, 15) is 0 Å². The van der Waals surface area contributed by atoms with Crippen LogP contribution in [0.25, 0.3) is 0 Å². The van der Waals surface area contributed by atoms with Gasteiger partial charge in [0.2, 0.25) is 0 Å². The molecule has 0 atom stereocenters. The van der Waals surface area contributed by atoms with Crippen molar-refractivity contribution in [3.63, 3.8) is 0 Å². The highest BCUT2D eigenvalue weighted by Gasteiger charge is 2.31. The van der Waals surface area contributed by atoms with Crippen molar-refractivity contribution < 1.29 is 8.85 Å². The highest BCUT2D eigenvalue weighted by molar-refractivity contribution is 6.74. The van der Waals surface area contributed by atoms with Gasteiger partial charge in [-0.05, 0) is 6.04 Å². The van der Waals surface area contributed by atoms with Gasteiger partial charge in [-0.3, -0.25) is 0 Å². The van der Waals surface area contributed by atoms with Crippen molar-refractivity contribution in [2.24, 2.45) is 0 Å². The zero-order valence-corrected chi connectivity index (χ0v) is 7.86. The summed E-state index contributed by atoms with van der Waals surface area (Å²) in [6.07, 6.45) is 0. The maximum atomic E-state index is 5.64. The Bertz CT molecular complexity index is 57.8. The van der Waals surface area contributed by atoms with E-state index in [-0.39, 0.29) is 0 Å². The Morgan fingerprint density at radius 2 is 1.78 bits per heavy atom. The Morgan fingerprint density at radius 1 is 1.33 bits per heavy atom. The summed E-state index contributed by atoms with van der Waals surface area (Å²) in [6, 6.07) is 0.906. The molecule has 56 valence electrons. The first-order valence-corrected chi connectivity index (χ1v) is 5.67. The zero-order valence-electron chi connectivity index (χ0n) is 6.11. The molecule has 0 unspecified atom stereocenters. The Hall–Kier alpha value is 0.427. The molecule has 0 rings (SSSR count). The van der Waals surface area contributed by atoms with Gasteiger partial charge >= 0.3 is 8.56 Å². The van der Waals surface area contributed by atoms with Crippen LogP contribution in [0.3, 0.4) is 0 Å². The van der Waals surface area contributed by atoms with Gasteiger partial charge in [0.15, 0.2) is 0 Å². The second-order valence-corrected chi connectivity index (χ2v) is 6.22. The second kappa shape index (κ2) is 4.28. The minimum atomic E-state index is -1.93. The van der Waals surface area contributed by atoms with Gasteiger partial charge < -0.3 is 8.85 Å². The van der Waals surface area contributed by atoms with Gasteiger partial charge in [0.25, 0.3) is 0 Å². The SMILES string of the molecule is CC[Si](CCl)(OC)OC. The number of alkyl halides is 1. The molecule has 0 aliphatic carbocycles. The van der Waals surface area contributed by atoms with Crippen molar-refractivity contribution >= 4 is 20.2 Å². The zero-order chi connectivity index (χ0) is 7.33. The first-order chi connectivity index (χ1) is 4.24. The molecule has 0 aromatic carbocycles. The lowest BCUT2D eigenvalue weighted by Gasteiger charge is -2.22. The number of rotatable bonds is 4. The number of halogens is 1. The third-order valence-electron chi connectivity index (χ3n) is 1.49. The minimum absolute atomic E-state index is 0.510. The maximum Gasteiger partial charge on any atom is 0.352 e. The highest BCUT2D eigenvalue weighted by atomic mass is 35.5. The van der Waals surface area contributed by atoms with Gasteiger partial charge in [-0.1, -0.05) is 6.92 Å². The maximum absolute atomic E-state index is 5.64. The summed E-state index contributed by atoms with van der Waals surface area (Å²) in [4.78, 5) is 0. The van der Waals surface area contributed by atoms with E-state index in [4.69, 9.17) is 20.5 Å².